The second kappa shape index (κ2) is 7.59. The van der Waals surface area contributed by atoms with Crippen molar-refractivity contribution in [3.05, 3.63) is 11.9 Å². The molecule has 0 bridgehead atoms. The second-order valence-corrected chi connectivity index (χ2v) is 4.74. The molecule has 1 N–H and O–H groups in total. The summed E-state index contributed by atoms with van der Waals surface area (Å²) in [4.78, 5) is 26.5. The molecule has 0 unspecified atom stereocenters. The van der Waals surface area contributed by atoms with Gasteiger partial charge in [0.2, 0.25) is 0 Å². The largest absolute Gasteiger partial charge is 0.480 e. The van der Waals surface area contributed by atoms with E-state index in [0.717, 1.165) is 17.6 Å². The number of nitrogens with zero attached hydrogens (tertiary/aromatic N) is 5. The first-order valence-corrected chi connectivity index (χ1v) is 6.50. The molecule has 1 rings (SSSR count). The van der Waals surface area contributed by atoms with Crippen molar-refractivity contribution in [2.75, 3.05) is 33.7 Å². The van der Waals surface area contributed by atoms with Gasteiger partial charge in [0.15, 0.2) is 5.69 Å². The van der Waals surface area contributed by atoms with Crippen LogP contribution < -0.4 is 0 Å². The molecule has 0 fully saturated rings. The lowest BCUT2D eigenvalue weighted by Crippen LogP contribution is -2.33. The van der Waals surface area contributed by atoms with Crippen LogP contribution in [0.2, 0.25) is 0 Å². The quantitative estimate of drug-likeness (QED) is 0.709. The van der Waals surface area contributed by atoms with E-state index in [1.807, 2.05) is 21.0 Å². The molecule has 0 aliphatic heterocycles. The lowest BCUT2D eigenvalue weighted by molar-refractivity contribution is -0.137. The molecule has 0 radical (unpaired) electrons. The van der Waals surface area contributed by atoms with Crippen molar-refractivity contribution in [3.8, 4) is 0 Å². The standard InChI is InChI=1S/C12H21N5O3/c1-4-16(7-5-6-15(2)3)12(20)10-8-17(14-13-10)9-11(18)19/h8H,4-7,9H2,1-3H3,(H,18,19). The van der Waals surface area contributed by atoms with E-state index in [0.29, 0.717) is 13.1 Å². The van der Waals surface area contributed by atoms with Crippen molar-refractivity contribution >= 4 is 11.9 Å². The first kappa shape index (κ1) is 16.1. The van der Waals surface area contributed by atoms with Gasteiger partial charge in [-0.2, -0.15) is 0 Å². The van der Waals surface area contributed by atoms with Gasteiger partial charge in [-0.1, -0.05) is 5.21 Å². The minimum absolute atomic E-state index is 0.179. The Morgan fingerprint density at radius 1 is 1.35 bits per heavy atom. The van der Waals surface area contributed by atoms with E-state index >= 15 is 0 Å². The molecule has 0 spiro atoms. The first-order chi connectivity index (χ1) is 9.43. The van der Waals surface area contributed by atoms with Gasteiger partial charge in [-0.3, -0.25) is 9.59 Å². The molecule has 20 heavy (non-hydrogen) atoms. The van der Waals surface area contributed by atoms with Gasteiger partial charge in [0.1, 0.15) is 6.54 Å². The van der Waals surface area contributed by atoms with Crippen LogP contribution in [-0.2, 0) is 11.3 Å². The maximum Gasteiger partial charge on any atom is 0.325 e. The minimum Gasteiger partial charge on any atom is -0.480 e. The molecule has 0 aliphatic rings. The fourth-order valence-electron chi connectivity index (χ4n) is 1.76. The van der Waals surface area contributed by atoms with Crippen LogP contribution in [0, 0.1) is 0 Å². The molecule has 0 saturated heterocycles. The van der Waals surface area contributed by atoms with Crippen LogP contribution >= 0.6 is 0 Å². The Labute approximate surface area is 118 Å². The van der Waals surface area contributed by atoms with Crippen molar-refractivity contribution in [2.45, 2.75) is 19.9 Å². The van der Waals surface area contributed by atoms with Gasteiger partial charge in [0.05, 0.1) is 6.20 Å². The molecule has 0 aliphatic carbocycles. The van der Waals surface area contributed by atoms with Crippen LogP contribution in [-0.4, -0.2) is 75.5 Å². The minimum atomic E-state index is -1.02. The SMILES string of the molecule is CCN(CCCN(C)C)C(=O)c1cn(CC(=O)O)nn1. The zero-order chi connectivity index (χ0) is 15.1. The van der Waals surface area contributed by atoms with Crippen molar-refractivity contribution < 1.29 is 14.7 Å². The van der Waals surface area contributed by atoms with Crippen LogP contribution in [0.5, 0.6) is 0 Å². The monoisotopic (exact) mass is 283 g/mol. The number of aliphatic carboxylic acids is 1. The van der Waals surface area contributed by atoms with Gasteiger partial charge in [-0.25, -0.2) is 4.68 Å². The first-order valence-electron chi connectivity index (χ1n) is 6.50. The third-order valence-electron chi connectivity index (χ3n) is 2.76. The number of carbonyl (C=O) groups excluding carboxylic acids is 1. The topological polar surface area (TPSA) is 91.6 Å². The number of carboxylic acid groups (broad SMARTS) is 1. The lowest BCUT2D eigenvalue weighted by Gasteiger charge is -2.20. The van der Waals surface area contributed by atoms with Gasteiger partial charge in [-0.15, -0.1) is 5.10 Å². The Morgan fingerprint density at radius 2 is 2.05 bits per heavy atom. The fourth-order valence-corrected chi connectivity index (χ4v) is 1.76. The predicted octanol–water partition coefficient (Wildman–Crippen LogP) is -0.223. The maximum absolute atomic E-state index is 12.2. The molecule has 1 aromatic rings. The van der Waals surface area contributed by atoms with Crippen LogP contribution in [0.1, 0.15) is 23.8 Å². The summed E-state index contributed by atoms with van der Waals surface area (Å²) in [6.45, 7) is 3.72. The summed E-state index contributed by atoms with van der Waals surface area (Å²) in [7, 11) is 3.96. The lowest BCUT2D eigenvalue weighted by atomic mass is 10.3. The Balaban J connectivity index is 2.61. The van der Waals surface area contributed by atoms with E-state index < -0.39 is 5.97 Å². The normalized spacial score (nSPS) is 10.8. The zero-order valence-corrected chi connectivity index (χ0v) is 12.1. The van der Waals surface area contributed by atoms with E-state index in [-0.39, 0.29) is 18.1 Å². The number of rotatable bonds is 8. The number of aromatic nitrogens is 3. The van der Waals surface area contributed by atoms with E-state index in [9.17, 15) is 9.59 Å². The van der Waals surface area contributed by atoms with Gasteiger partial charge in [-0.05, 0) is 34.0 Å². The number of carbonyl (C=O) groups is 2. The number of amides is 1. The van der Waals surface area contributed by atoms with E-state index in [2.05, 4.69) is 15.2 Å². The average molecular weight is 283 g/mol. The summed E-state index contributed by atoms with van der Waals surface area (Å²) in [5.74, 6) is -1.24. The van der Waals surface area contributed by atoms with Gasteiger partial charge in [0.25, 0.3) is 5.91 Å². The highest BCUT2D eigenvalue weighted by atomic mass is 16.4. The van der Waals surface area contributed by atoms with Crippen molar-refractivity contribution in [1.29, 1.82) is 0 Å². The smallest absolute Gasteiger partial charge is 0.325 e. The molecule has 0 aromatic carbocycles. The summed E-state index contributed by atoms with van der Waals surface area (Å²) in [6.07, 6.45) is 2.24. The maximum atomic E-state index is 12.2. The number of hydrogen-bond acceptors (Lipinski definition) is 5. The van der Waals surface area contributed by atoms with E-state index in [1.54, 1.807) is 4.90 Å². The van der Waals surface area contributed by atoms with Crippen LogP contribution in [0.15, 0.2) is 6.20 Å². The zero-order valence-electron chi connectivity index (χ0n) is 12.1. The van der Waals surface area contributed by atoms with Gasteiger partial charge >= 0.3 is 5.97 Å². The van der Waals surface area contributed by atoms with Crippen LogP contribution in [0.25, 0.3) is 0 Å². The molecule has 8 nitrogen and oxygen atoms in total. The Kier molecular flexibility index (Phi) is 6.10. The molecule has 112 valence electrons. The summed E-state index contributed by atoms with van der Waals surface area (Å²) in [5.41, 5.74) is 0.179. The summed E-state index contributed by atoms with van der Waals surface area (Å²) in [5, 5.41) is 16.0. The highest BCUT2D eigenvalue weighted by Gasteiger charge is 2.18. The van der Waals surface area contributed by atoms with E-state index in [4.69, 9.17) is 5.11 Å². The van der Waals surface area contributed by atoms with Crippen molar-refractivity contribution in [1.82, 2.24) is 24.8 Å². The van der Waals surface area contributed by atoms with E-state index in [1.165, 1.54) is 6.20 Å². The summed E-state index contributed by atoms with van der Waals surface area (Å²) in [6, 6.07) is 0. The Hall–Kier alpha value is -1.96. The Morgan fingerprint density at radius 3 is 2.60 bits per heavy atom. The summed E-state index contributed by atoms with van der Waals surface area (Å²) >= 11 is 0. The van der Waals surface area contributed by atoms with Crippen LogP contribution in [0.3, 0.4) is 0 Å². The third kappa shape index (κ3) is 4.96. The molecule has 1 heterocycles. The molecule has 0 atom stereocenters. The molecule has 1 aromatic heterocycles. The number of hydrogen-bond donors (Lipinski definition) is 1. The predicted molar refractivity (Wildman–Crippen MR) is 72.4 cm³/mol. The average Bonchev–Trinajstić information content (AvgIpc) is 2.81. The molecule has 8 heteroatoms. The fraction of sp³-hybridized carbons (Fsp3) is 0.667. The second-order valence-electron chi connectivity index (χ2n) is 4.74. The molecular formula is C12H21N5O3. The van der Waals surface area contributed by atoms with Crippen molar-refractivity contribution in [3.63, 3.8) is 0 Å². The Bertz CT molecular complexity index is 458. The highest BCUT2D eigenvalue weighted by molar-refractivity contribution is 5.91. The number of carboxylic acids is 1. The van der Waals surface area contributed by atoms with Gasteiger partial charge < -0.3 is 14.9 Å². The van der Waals surface area contributed by atoms with Gasteiger partial charge in [0, 0.05) is 13.1 Å². The molecule has 1 amide bonds. The van der Waals surface area contributed by atoms with Crippen LogP contribution in [0.4, 0.5) is 0 Å². The summed E-state index contributed by atoms with van der Waals surface area (Å²) < 4.78 is 1.14. The molecule has 0 saturated carbocycles. The molecular weight excluding hydrogens is 262 g/mol. The third-order valence-corrected chi connectivity index (χ3v) is 2.76. The highest BCUT2D eigenvalue weighted by Crippen LogP contribution is 2.02. The van der Waals surface area contributed by atoms with Crippen molar-refractivity contribution in [2.24, 2.45) is 0 Å².